The number of hydrogen-bond donors (Lipinski definition) is 3. The minimum absolute atomic E-state index is 0.0229. The van der Waals surface area contributed by atoms with Crippen molar-refractivity contribution in [3.63, 3.8) is 0 Å². The molecule has 0 aliphatic rings. The molecule has 1 aromatic carbocycles. The van der Waals surface area contributed by atoms with Gasteiger partial charge in [-0.15, -0.1) is 0 Å². The first-order valence-electron chi connectivity index (χ1n) is 6.87. The molecule has 0 saturated carbocycles. The van der Waals surface area contributed by atoms with Gasteiger partial charge >= 0.3 is 0 Å². The van der Waals surface area contributed by atoms with Crippen LogP contribution in [-0.4, -0.2) is 23.9 Å². The third-order valence-corrected chi connectivity index (χ3v) is 2.98. The molecule has 5 nitrogen and oxygen atoms in total. The molecular weight excluding hydrogens is 254 g/mol. The van der Waals surface area contributed by atoms with E-state index in [4.69, 9.17) is 0 Å². The van der Waals surface area contributed by atoms with Crippen molar-refractivity contribution >= 4 is 23.2 Å². The Morgan fingerprint density at radius 3 is 2.15 bits per heavy atom. The molecule has 0 bridgehead atoms. The fourth-order valence-corrected chi connectivity index (χ4v) is 1.64. The Morgan fingerprint density at radius 2 is 1.65 bits per heavy atom. The van der Waals surface area contributed by atoms with Gasteiger partial charge in [0.25, 0.3) is 0 Å². The third kappa shape index (κ3) is 5.30. The van der Waals surface area contributed by atoms with Gasteiger partial charge in [-0.2, -0.15) is 0 Å². The second kappa shape index (κ2) is 7.53. The summed E-state index contributed by atoms with van der Waals surface area (Å²) >= 11 is 0. The molecule has 3 N–H and O–H groups in total. The number of anilines is 2. The number of rotatable bonds is 6. The fourth-order valence-electron chi connectivity index (χ4n) is 1.64. The van der Waals surface area contributed by atoms with Crippen molar-refractivity contribution in [1.82, 2.24) is 5.32 Å². The van der Waals surface area contributed by atoms with E-state index >= 15 is 0 Å². The first-order chi connectivity index (χ1) is 9.42. The van der Waals surface area contributed by atoms with Crippen LogP contribution in [0.3, 0.4) is 0 Å². The Morgan fingerprint density at radius 1 is 1.10 bits per heavy atom. The molecule has 0 fully saturated rings. The van der Waals surface area contributed by atoms with Gasteiger partial charge in [0.05, 0.1) is 0 Å². The molecule has 0 saturated heterocycles. The lowest BCUT2D eigenvalue weighted by molar-refractivity contribution is -0.122. The van der Waals surface area contributed by atoms with Gasteiger partial charge < -0.3 is 16.0 Å². The third-order valence-electron chi connectivity index (χ3n) is 2.98. The van der Waals surface area contributed by atoms with Gasteiger partial charge in [-0.1, -0.05) is 6.92 Å². The molecule has 2 atom stereocenters. The van der Waals surface area contributed by atoms with Crippen molar-refractivity contribution in [3.8, 4) is 0 Å². The number of benzene rings is 1. The highest BCUT2D eigenvalue weighted by Crippen LogP contribution is 2.14. The fraction of sp³-hybridized carbons (Fsp3) is 0.467. The predicted molar refractivity (Wildman–Crippen MR) is 81.7 cm³/mol. The maximum atomic E-state index is 11.9. The minimum atomic E-state index is -0.310. The van der Waals surface area contributed by atoms with Crippen LogP contribution in [0.15, 0.2) is 24.3 Å². The molecule has 5 heteroatoms. The average molecular weight is 277 g/mol. The predicted octanol–water partition coefficient (Wildman–Crippen LogP) is 2.36. The molecule has 2 amide bonds. The van der Waals surface area contributed by atoms with Crippen LogP contribution in [0.5, 0.6) is 0 Å². The van der Waals surface area contributed by atoms with Crippen LogP contribution in [0, 0.1) is 0 Å². The van der Waals surface area contributed by atoms with Crippen molar-refractivity contribution in [1.29, 1.82) is 0 Å². The summed E-state index contributed by atoms with van der Waals surface area (Å²) in [6, 6.07) is 7.12. The van der Waals surface area contributed by atoms with Gasteiger partial charge in [-0.3, -0.25) is 9.59 Å². The second-order valence-electron chi connectivity index (χ2n) is 4.94. The van der Waals surface area contributed by atoms with Crippen LogP contribution < -0.4 is 16.0 Å². The van der Waals surface area contributed by atoms with Crippen molar-refractivity contribution in [2.45, 2.75) is 46.2 Å². The number of carbonyl (C=O) groups excluding carboxylic acids is 2. The summed E-state index contributed by atoms with van der Waals surface area (Å²) in [5, 5.41) is 8.75. The zero-order chi connectivity index (χ0) is 15.1. The lowest BCUT2D eigenvalue weighted by Gasteiger charge is -2.18. The van der Waals surface area contributed by atoms with Crippen LogP contribution >= 0.6 is 0 Å². The van der Waals surface area contributed by atoms with Crippen molar-refractivity contribution < 1.29 is 9.59 Å². The zero-order valence-electron chi connectivity index (χ0n) is 12.5. The van der Waals surface area contributed by atoms with Crippen molar-refractivity contribution in [2.75, 3.05) is 10.6 Å². The summed E-state index contributed by atoms with van der Waals surface area (Å²) < 4.78 is 0. The summed E-state index contributed by atoms with van der Waals surface area (Å²) in [6.07, 6.45) is 0.907. The van der Waals surface area contributed by atoms with E-state index in [1.165, 1.54) is 6.92 Å². The van der Waals surface area contributed by atoms with Crippen LogP contribution in [-0.2, 0) is 9.59 Å². The quantitative estimate of drug-likeness (QED) is 0.747. The summed E-state index contributed by atoms with van der Waals surface area (Å²) in [7, 11) is 0. The van der Waals surface area contributed by atoms with Gasteiger partial charge in [-0.05, 0) is 44.5 Å². The molecule has 110 valence electrons. The van der Waals surface area contributed by atoms with E-state index in [0.717, 1.165) is 17.8 Å². The molecule has 0 aromatic heterocycles. The van der Waals surface area contributed by atoms with E-state index in [1.807, 2.05) is 32.9 Å². The lowest BCUT2D eigenvalue weighted by atomic mass is 10.2. The molecule has 0 spiro atoms. The molecule has 2 unspecified atom stereocenters. The Hall–Kier alpha value is -2.04. The smallest absolute Gasteiger partial charge is 0.242 e. The molecule has 0 aliphatic heterocycles. The van der Waals surface area contributed by atoms with Crippen LogP contribution in [0.25, 0.3) is 0 Å². The van der Waals surface area contributed by atoms with Crippen molar-refractivity contribution in [3.05, 3.63) is 24.3 Å². The molecular formula is C15H23N3O2. The second-order valence-corrected chi connectivity index (χ2v) is 4.94. The molecule has 0 radical (unpaired) electrons. The maximum absolute atomic E-state index is 11.9. The van der Waals surface area contributed by atoms with Gasteiger partial charge in [0.1, 0.15) is 6.04 Å². The first kappa shape index (κ1) is 16.0. The Labute approximate surface area is 120 Å². The van der Waals surface area contributed by atoms with Gasteiger partial charge in [-0.25, -0.2) is 0 Å². The largest absolute Gasteiger partial charge is 0.374 e. The average Bonchev–Trinajstić information content (AvgIpc) is 2.40. The minimum Gasteiger partial charge on any atom is -0.374 e. The SMILES string of the molecule is CCC(C)NC(=O)C(C)Nc1ccc(NC(C)=O)cc1. The number of amides is 2. The normalized spacial score (nSPS) is 13.2. The first-order valence-corrected chi connectivity index (χ1v) is 6.87. The van der Waals surface area contributed by atoms with Crippen molar-refractivity contribution in [2.24, 2.45) is 0 Å². The Kier molecular flexibility index (Phi) is 6.03. The van der Waals surface area contributed by atoms with Crippen LogP contribution in [0.1, 0.15) is 34.1 Å². The summed E-state index contributed by atoms with van der Waals surface area (Å²) in [6.45, 7) is 7.30. The van der Waals surface area contributed by atoms with Gasteiger partial charge in [0.15, 0.2) is 0 Å². The number of hydrogen-bond acceptors (Lipinski definition) is 3. The molecule has 20 heavy (non-hydrogen) atoms. The molecule has 0 heterocycles. The van der Waals surface area contributed by atoms with E-state index < -0.39 is 0 Å². The Balaban J connectivity index is 2.55. The van der Waals surface area contributed by atoms with Gasteiger partial charge in [0, 0.05) is 24.3 Å². The highest BCUT2D eigenvalue weighted by molar-refractivity contribution is 5.89. The van der Waals surface area contributed by atoms with E-state index in [2.05, 4.69) is 16.0 Å². The topological polar surface area (TPSA) is 70.2 Å². The number of nitrogens with one attached hydrogen (secondary N) is 3. The monoisotopic (exact) mass is 277 g/mol. The lowest BCUT2D eigenvalue weighted by Crippen LogP contribution is -2.41. The van der Waals surface area contributed by atoms with E-state index in [0.29, 0.717) is 0 Å². The maximum Gasteiger partial charge on any atom is 0.242 e. The molecule has 1 aromatic rings. The van der Waals surface area contributed by atoms with Crippen LogP contribution in [0.2, 0.25) is 0 Å². The summed E-state index contributed by atoms with van der Waals surface area (Å²) in [5.74, 6) is -0.128. The number of carbonyl (C=O) groups is 2. The molecule has 1 rings (SSSR count). The standard InChI is InChI=1S/C15H23N3O2/c1-5-10(2)16-15(20)11(3)17-13-6-8-14(9-7-13)18-12(4)19/h6-11,17H,5H2,1-4H3,(H,16,20)(H,18,19). The highest BCUT2D eigenvalue weighted by Gasteiger charge is 2.14. The summed E-state index contributed by atoms with van der Waals surface area (Å²) in [5.41, 5.74) is 1.57. The van der Waals surface area contributed by atoms with E-state index in [1.54, 1.807) is 12.1 Å². The van der Waals surface area contributed by atoms with Crippen LogP contribution in [0.4, 0.5) is 11.4 Å². The van der Waals surface area contributed by atoms with Gasteiger partial charge in [0.2, 0.25) is 11.8 Å². The summed E-state index contributed by atoms with van der Waals surface area (Å²) in [4.78, 5) is 22.8. The zero-order valence-corrected chi connectivity index (χ0v) is 12.5. The van der Waals surface area contributed by atoms with E-state index in [-0.39, 0.29) is 23.9 Å². The Bertz CT molecular complexity index is 457. The molecule has 0 aliphatic carbocycles. The highest BCUT2D eigenvalue weighted by atomic mass is 16.2. The van der Waals surface area contributed by atoms with E-state index in [9.17, 15) is 9.59 Å².